The Labute approximate surface area is 187 Å². The Morgan fingerprint density at radius 3 is 2.50 bits per heavy atom. The monoisotopic (exact) mass is 459 g/mol. The van der Waals surface area contributed by atoms with Crippen LogP contribution in [0.3, 0.4) is 0 Å². The first-order valence-electron chi connectivity index (χ1n) is 11.5. The highest BCUT2D eigenvalue weighted by atomic mass is 32.2. The van der Waals surface area contributed by atoms with Crippen molar-refractivity contribution < 1.29 is 17.6 Å². The Balaban J connectivity index is 1.20. The molecule has 4 aliphatic carbocycles. The van der Waals surface area contributed by atoms with Gasteiger partial charge in [-0.2, -0.15) is 22.5 Å². The number of nitrogens with zero attached hydrogens (tertiary/aromatic N) is 3. The molecule has 10 heteroatoms. The summed E-state index contributed by atoms with van der Waals surface area (Å²) in [5.41, 5.74) is 0.696. The predicted octanol–water partition coefficient (Wildman–Crippen LogP) is 2.62. The van der Waals surface area contributed by atoms with Gasteiger partial charge in [-0.1, -0.05) is 0 Å². The van der Waals surface area contributed by atoms with Crippen LogP contribution in [-0.2, 0) is 20.5 Å². The Kier molecular flexibility index (Phi) is 4.58. The minimum atomic E-state index is -3.81. The highest BCUT2D eigenvalue weighted by Crippen LogP contribution is 2.58. The summed E-state index contributed by atoms with van der Waals surface area (Å²) in [6, 6.07) is 1.98. The van der Waals surface area contributed by atoms with Crippen LogP contribution < -0.4 is 10.0 Å². The molecule has 0 spiro atoms. The number of nitrogens with one attached hydrogen (secondary N) is 2. The van der Waals surface area contributed by atoms with Crippen molar-refractivity contribution in [2.45, 2.75) is 62.6 Å². The summed E-state index contributed by atoms with van der Waals surface area (Å²) in [7, 11) is -2.39. The Hall–Kier alpha value is -2.17. The average Bonchev–Trinajstić information content (AvgIpc) is 3.41. The number of rotatable bonds is 4. The van der Waals surface area contributed by atoms with E-state index >= 15 is 0 Å². The zero-order chi connectivity index (χ0) is 22.1. The first kappa shape index (κ1) is 20.4. The maximum Gasteiger partial charge on any atom is 0.280 e. The predicted molar refractivity (Wildman–Crippen MR) is 117 cm³/mol. The fourth-order valence-corrected chi connectivity index (χ4v) is 8.26. The third kappa shape index (κ3) is 3.31. The summed E-state index contributed by atoms with van der Waals surface area (Å²) in [6.45, 7) is 0. The molecule has 5 fully saturated rings. The fourth-order valence-electron chi connectivity index (χ4n) is 7.00. The van der Waals surface area contributed by atoms with Gasteiger partial charge >= 0.3 is 0 Å². The zero-order valence-corrected chi connectivity index (χ0v) is 18.9. The highest BCUT2D eigenvalue weighted by molar-refractivity contribution is 7.87. The summed E-state index contributed by atoms with van der Waals surface area (Å²) < 4.78 is 36.3. The molecule has 32 heavy (non-hydrogen) atoms. The van der Waals surface area contributed by atoms with Crippen molar-refractivity contribution in [3.05, 3.63) is 36.5 Å². The van der Waals surface area contributed by atoms with Crippen molar-refractivity contribution in [1.29, 1.82) is 0 Å². The maximum atomic E-state index is 13.1. The molecule has 1 saturated heterocycles. The summed E-state index contributed by atoms with van der Waals surface area (Å²) in [5, 5.41) is 7.56. The van der Waals surface area contributed by atoms with Crippen LogP contribution in [0.25, 0.3) is 0 Å². The van der Waals surface area contributed by atoms with Gasteiger partial charge in [-0.05, 0) is 74.8 Å². The lowest BCUT2D eigenvalue weighted by atomic mass is 9.53. The summed E-state index contributed by atoms with van der Waals surface area (Å²) >= 11 is 0. The van der Waals surface area contributed by atoms with Gasteiger partial charge in [0.2, 0.25) is 5.91 Å². The van der Waals surface area contributed by atoms with Gasteiger partial charge in [0.05, 0.1) is 29.7 Å². The lowest BCUT2D eigenvalue weighted by Crippen LogP contribution is -2.55. The Morgan fingerprint density at radius 2 is 1.88 bits per heavy atom. The van der Waals surface area contributed by atoms with Crippen LogP contribution in [0.1, 0.15) is 56.7 Å². The van der Waals surface area contributed by atoms with Gasteiger partial charge in [0.25, 0.3) is 10.2 Å². The van der Waals surface area contributed by atoms with Gasteiger partial charge in [-0.3, -0.25) is 9.48 Å². The number of furan rings is 1. The van der Waals surface area contributed by atoms with Crippen LogP contribution in [0.2, 0.25) is 0 Å². The molecule has 0 aromatic carbocycles. The van der Waals surface area contributed by atoms with E-state index in [2.05, 4.69) is 19.8 Å². The van der Waals surface area contributed by atoms with Crippen LogP contribution in [0.15, 0.2) is 35.2 Å². The standard InChI is InChI=1S/C22H29N5O4S/c1-26-19(8-18(25-32(26,29)30)20-3-2-4-31-20)21(28)24-17-12-23-27(13-17)22-9-14-5-15(10-22)7-16(6-14)11-22/h2-4,12-16,18-19,25H,5-11H2,1H3,(H,24,28)/t14?,15?,16?,18-,19+,22?/m0/s1. The SMILES string of the molecule is CN1[C@@H](C(=O)Nc2cnn(C34CC5CC(CC(C5)C3)C4)c2)C[C@@H](c2ccco2)NS1(=O)=O. The van der Waals surface area contributed by atoms with Crippen LogP contribution in [-0.4, -0.2) is 41.5 Å². The number of hydrogen-bond donors (Lipinski definition) is 2. The van der Waals surface area contributed by atoms with E-state index in [4.69, 9.17) is 4.42 Å². The number of carbonyl (C=O) groups excluding carboxylic acids is 1. The van der Waals surface area contributed by atoms with E-state index < -0.39 is 22.3 Å². The van der Waals surface area contributed by atoms with E-state index in [1.807, 2.05) is 6.20 Å². The van der Waals surface area contributed by atoms with Crippen LogP contribution >= 0.6 is 0 Å². The van der Waals surface area contributed by atoms with Gasteiger partial charge in [-0.15, -0.1) is 0 Å². The molecule has 2 aromatic rings. The molecule has 2 N–H and O–H groups in total. The number of carbonyl (C=O) groups is 1. The highest BCUT2D eigenvalue weighted by Gasteiger charge is 2.52. The molecule has 4 saturated carbocycles. The summed E-state index contributed by atoms with van der Waals surface area (Å²) in [4.78, 5) is 13.1. The Morgan fingerprint density at radius 1 is 1.19 bits per heavy atom. The fraction of sp³-hybridized carbons (Fsp3) is 0.636. The van der Waals surface area contributed by atoms with Crippen molar-refractivity contribution >= 4 is 21.8 Å². The number of aromatic nitrogens is 2. The number of anilines is 1. The third-order valence-electron chi connectivity index (χ3n) is 8.10. The second kappa shape index (κ2) is 7.16. The maximum absolute atomic E-state index is 13.1. The van der Waals surface area contributed by atoms with Crippen LogP contribution in [0.5, 0.6) is 0 Å². The van der Waals surface area contributed by atoms with E-state index in [9.17, 15) is 13.2 Å². The van der Waals surface area contributed by atoms with Crippen LogP contribution in [0, 0.1) is 17.8 Å². The van der Waals surface area contributed by atoms with E-state index in [-0.39, 0.29) is 17.9 Å². The first-order chi connectivity index (χ1) is 15.3. The zero-order valence-electron chi connectivity index (χ0n) is 18.1. The molecular weight excluding hydrogens is 430 g/mol. The van der Waals surface area contributed by atoms with Gasteiger partial charge in [0, 0.05) is 13.2 Å². The van der Waals surface area contributed by atoms with E-state index in [1.54, 1.807) is 18.3 Å². The number of amides is 1. The second-order valence-electron chi connectivity index (χ2n) is 10.3. The van der Waals surface area contributed by atoms with Gasteiger partial charge in [0.15, 0.2) is 0 Å². The van der Waals surface area contributed by atoms with Crippen LogP contribution in [0.4, 0.5) is 5.69 Å². The third-order valence-corrected chi connectivity index (χ3v) is 9.69. The first-order valence-corrected chi connectivity index (χ1v) is 12.9. The molecule has 2 atom stereocenters. The van der Waals surface area contributed by atoms with E-state index in [0.29, 0.717) is 11.4 Å². The molecule has 3 heterocycles. The topological polar surface area (TPSA) is 109 Å². The van der Waals surface area contributed by atoms with Gasteiger partial charge < -0.3 is 9.73 Å². The minimum absolute atomic E-state index is 0.0804. The molecule has 0 unspecified atom stereocenters. The molecule has 5 aliphatic rings. The number of likely N-dealkylation sites (N-methyl/N-ethyl adjacent to an activating group) is 1. The molecule has 9 nitrogen and oxygen atoms in total. The lowest BCUT2D eigenvalue weighted by Gasteiger charge is -2.56. The van der Waals surface area contributed by atoms with Crippen molar-refractivity contribution in [3.63, 3.8) is 0 Å². The molecule has 7 rings (SSSR count). The van der Waals surface area contributed by atoms with E-state index in [0.717, 1.165) is 22.1 Å². The van der Waals surface area contributed by atoms with Crippen molar-refractivity contribution in [2.24, 2.45) is 17.8 Å². The van der Waals surface area contributed by atoms with Crippen molar-refractivity contribution in [2.75, 3.05) is 12.4 Å². The van der Waals surface area contributed by atoms with Crippen molar-refractivity contribution in [3.8, 4) is 0 Å². The summed E-state index contributed by atoms with van der Waals surface area (Å²) in [6.07, 6.45) is 13.0. The minimum Gasteiger partial charge on any atom is -0.468 e. The average molecular weight is 460 g/mol. The Bertz CT molecular complexity index is 1090. The van der Waals surface area contributed by atoms with Gasteiger partial charge in [0.1, 0.15) is 11.8 Å². The molecule has 1 aliphatic heterocycles. The number of hydrogen-bond acceptors (Lipinski definition) is 5. The summed E-state index contributed by atoms with van der Waals surface area (Å²) in [5.74, 6) is 2.54. The quantitative estimate of drug-likeness (QED) is 0.730. The largest absolute Gasteiger partial charge is 0.468 e. The van der Waals surface area contributed by atoms with Crippen molar-refractivity contribution in [1.82, 2.24) is 18.8 Å². The molecule has 1 amide bonds. The smallest absolute Gasteiger partial charge is 0.280 e. The molecule has 0 radical (unpaired) electrons. The molecule has 172 valence electrons. The second-order valence-corrected chi connectivity index (χ2v) is 12.0. The lowest BCUT2D eigenvalue weighted by molar-refractivity contribution is -0.120. The normalized spacial score (nSPS) is 38.1. The molecule has 2 aromatic heterocycles. The molecule has 4 bridgehead atoms. The van der Waals surface area contributed by atoms with Gasteiger partial charge in [-0.25, -0.2) is 0 Å². The molecular formula is C22H29N5O4S. The van der Waals surface area contributed by atoms with E-state index in [1.165, 1.54) is 51.8 Å².